The molecule has 0 atom stereocenters. The van der Waals surface area contributed by atoms with Crippen molar-refractivity contribution in [3.63, 3.8) is 0 Å². The predicted octanol–water partition coefficient (Wildman–Crippen LogP) is 3.19. The molecule has 0 radical (unpaired) electrons. The zero-order valence-corrected chi connectivity index (χ0v) is 9.20. The largest absolute Gasteiger partial charge is 0.399 e. The van der Waals surface area contributed by atoms with Gasteiger partial charge in [-0.15, -0.1) is 0 Å². The van der Waals surface area contributed by atoms with Gasteiger partial charge in [-0.05, 0) is 38.1 Å². The van der Waals surface area contributed by atoms with Crippen molar-refractivity contribution in [3.8, 4) is 0 Å². The summed E-state index contributed by atoms with van der Waals surface area (Å²) in [5.41, 5.74) is 9.13. The lowest BCUT2D eigenvalue weighted by atomic mass is 10.2. The van der Waals surface area contributed by atoms with Crippen molar-refractivity contribution in [1.29, 1.82) is 0 Å². The molecule has 2 heteroatoms. The van der Waals surface area contributed by atoms with Crippen LogP contribution in [0.1, 0.15) is 13.8 Å². The number of nitrogens with two attached hydrogens (primary N) is 1. The first-order valence-electron chi connectivity index (χ1n) is 5.14. The van der Waals surface area contributed by atoms with Crippen LogP contribution in [-0.4, -0.2) is 4.57 Å². The lowest BCUT2D eigenvalue weighted by Crippen LogP contribution is -1.93. The number of aromatic nitrogens is 1. The van der Waals surface area contributed by atoms with Crippen molar-refractivity contribution in [2.45, 2.75) is 20.4 Å². The van der Waals surface area contributed by atoms with E-state index in [1.54, 1.807) is 0 Å². The number of fused-ring (bicyclic) bond motifs is 1. The molecule has 2 nitrogen and oxygen atoms in total. The van der Waals surface area contributed by atoms with Gasteiger partial charge in [0.15, 0.2) is 0 Å². The van der Waals surface area contributed by atoms with E-state index in [4.69, 9.17) is 5.73 Å². The third kappa shape index (κ3) is 2.04. The van der Waals surface area contributed by atoms with Crippen molar-refractivity contribution in [3.05, 3.63) is 42.1 Å². The highest BCUT2D eigenvalue weighted by molar-refractivity contribution is 5.83. The van der Waals surface area contributed by atoms with Crippen molar-refractivity contribution >= 4 is 16.6 Å². The number of anilines is 1. The van der Waals surface area contributed by atoms with Crippen LogP contribution in [0.25, 0.3) is 10.9 Å². The Balaban J connectivity index is 2.41. The summed E-state index contributed by atoms with van der Waals surface area (Å²) in [7, 11) is 0. The molecule has 78 valence electrons. The molecule has 0 spiro atoms. The van der Waals surface area contributed by atoms with Crippen molar-refractivity contribution in [2.24, 2.45) is 0 Å². The van der Waals surface area contributed by atoms with Crippen molar-refractivity contribution in [2.75, 3.05) is 5.73 Å². The molecule has 0 amide bonds. The van der Waals surface area contributed by atoms with E-state index in [1.807, 2.05) is 12.1 Å². The molecule has 0 aliphatic carbocycles. The molecular weight excluding hydrogens is 184 g/mol. The van der Waals surface area contributed by atoms with Gasteiger partial charge in [0.25, 0.3) is 0 Å². The maximum atomic E-state index is 5.73. The van der Waals surface area contributed by atoms with Crippen molar-refractivity contribution < 1.29 is 0 Å². The van der Waals surface area contributed by atoms with Crippen LogP contribution in [0, 0.1) is 0 Å². The van der Waals surface area contributed by atoms with Crippen LogP contribution in [-0.2, 0) is 6.54 Å². The highest BCUT2D eigenvalue weighted by atomic mass is 14.9. The molecule has 0 fully saturated rings. The summed E-state index contributed by atoms with van der Waals surface area (Å²) in [6.45, 7) is 5.16. The maximum Gasteiger partial charge on any atom is 0.0484 e. The average molecular weight is 200 g/mol. The Kier molecular flexibility index (Phi) is 2.50. The van der Waals surface area contributed by atoms with E-state index in [-0.39, 0.29) is 0 Å². The minimum Gasteiger partial charge on any atom is -0.399 e. The van der Waals surface area contributed by atoms with Gasteiger partial charge in [-0.2, -0.15) is 0 Å². The van der Waals surface area contributed by atoms with Crippen LogP contribution in [0.15, 0.2) is 42.1 Å². The van der Waals surface area contributed by atoms with Gasteiger partial charge in [0.1, 0.15) is 0 Å². The molecule has 0 unspecified atom stereocenters. The normalized spacial score (nSPS) is 10.5. The minimum absolute atomic E-state index is 0.822. The topological polar surface area (TPSA) is 30.9 Å². The Morgan fingerprint density at radius 3 is 2.87 bits per heavy atom. The molecule has 0 aliphatic heterocycles. The minimum atomic E-state index is 0.822. The third-order valence-corrected chi connectivity index (χ3v) is 2.49. The quantitative estimate of drug-likeness (QED) is 0.585. The molecule has 0 saturated carbocycles. The summed E-state index contributed by atoms with van der Waals surface area (Å²) in [6, 6.07) is 8.13. The zero-order valence-electron chi connectivity index (χ0n) is 9.20. The summed E-state index contributed by atoms with van der Waals surface area (Å²) < 4.78 is 2.22. The van der Waals surface area contributed by atoms with Crippen LogP contribution in [0.3, 0.4) is 0 Å². The van der Waals surface area contributed by atoms with Gasteiger partial charge in [0.05, 0.1) is 0 Å². The fourth-order valence-corrected chi connectivity index (χ4v) is 1.66. The van der Waals surface area contributed by atoms with E-state index in [2.05, 4.69) is 42.8 Å². The first kappa shape index (κ1) is 9.84. The van der Waals surface area contributed by atoms with Crippen LogP contribution < -0.4 is 5.73 Å². The number of hydrogen-bond acceptors (Lipinski definition) is 1. The van der Waals surface area contributed by atoms with E-state index in [0.29, 0.717) is 0 Å². The maximum absolute atomic E-state index is 5.73. The lowest BCUT2D eigenvalue weighted by molar-refractivity contribution is 0.856. The Labute approximate surface area is 90.0 Å². The van der Waals surface area contributed by atoms with E-state index >= 15 is 0 Å². The van der Waals surface area contributed by atoms with E-state index in [0.717, 1.165) is 12.2 Å². The van der Waals surface area contributed by atoms with Crippen molar-refractivity contribution in [1.82, 2.24) is 4.57 Å². The van der Waals surface area contributed by atoms with E-state index in [9.17, 15) is 0 Å². The SMILES string of the molecule is CC(C)=CCn1ccc2cc(N)ccc21. The Morgan fingerprint density at radius 1 is 1.33 bits per heavy atom. The van der Waals surface area contributed by atoms with Gasteiger partial charge in [0.2, 0.25) is 0 Å². The molecule has 0 saturated heterocycles. The first-order valence-corrected chi connectivity index (χ1v) is 5.14. The first-order chi connectivity index (χ1) is 7.16. The van der Waals surface area contributed by atoms with Gasteiger partial charge in [-0.1, -0.05) is 11.6 Å². The van der Waals surface area contributed by atoms with Gasteiger partial charge in [0, 0.05) is 29.3 Å². The molecule has 0 bridgehead atoms. The second-order valence-electron chi connectivity index (χ2n) is 4.07. The third-order valence-electron chi connectivity index (χ3n) is 2.49. The van der Waals surface area contributed by atoms with E-state index < -0.39 is 0 Å². The van der Waals surface area contributed by atoms with Crippen LogP contribution in [0.4, 0.5) is 5.69 Å². The molecule has 1 aromatic heterocycles. The summed E-state index contributed by atoms with van der Waals surface area (Å²) >= 11 is 0. The number of benzene rings is 1. The molecule has 2 rings (SSSR count). The Hall–Kier alpha value is -1.70. The Morgan fingerprint density at radius 2 is 2.13 bits per heavy atom. The molecule has 2 N–H and O–H groups in total. The van der Waals surface area contributed by atoms with Gasteiger partial charge in [-0.3, -0.25) is 0 Å². The second kappa shape index (κ2) is 3.81. The number of allylic oxidation sites excluding steroid dienone is 2. The number of hydrogen-bond donors (Lipinski definition) is 1. The van der Waals surface area contributed by atoms with E-state index in [1.165, 1.54) is 16.5 Å². The van der Waals surface area contributed by atoms with Gasteiger partial charge >= 0.3 is 0 Å². The highest BCUT2D eigenvalue weighted by Gasteiger charge is 1.99. The van der Waals surface area contributed by atoms with Crippen LogP contribution in [0.2, 0.25) is 0 Å². The molecule has 1 aromatic carbocycles. The summed E-state index contributed by atoms with van der Waals surface area (Å²) in [5.74, 6) is 0. The van der Waals surface area contributed by atoms with Crippen LogP contribution >= 0.6 is 0 Å². The monoisotopic (exact) mass is 200 g/mol. The summed E-state index contributed by atoms with van der Waals surface area (Å²) in [4.78, 5) is 0. The van der Waals surface area contributed by atoms with Crippen LogP contribution in [0.5, 0.6) is 0 Å². The number of nitrogens with zero attached hydrogens (tertiary/aromatic N) is 1. The number of nitrogen functional groups attached to an aromatic ring is 1. The molecule has 1 heterocycles. The fraction of sp³-hybridized carbons (Fsp3) is 0.231. The van der Waals surface area contributed by atoms with Gasteiger partial charge in [-0.25, -0.2) is 0 Å². The second-order valence-corrected chi connectivity index (χ2v) is 4.07. The fourth-order valence-electron chi connectivity index (χ4n) is 1.66. The molecule has 15 heavy (non-hydrogen) atoms. The number of rotatable bonds is 2. The highest BCUT2D eigenvalue weighted by Crippen LogP contribution is 2.18. The lowest BCUT2D eigenvalue weighted by Gasteiger charge is -2.02. The van der Waals surface area contributed by atoms with Gasteiger partial charge < -0.3 is 10.3 Å². The standard InChI is InChI=1S/C13H16N2/c1-10(2)5-7-15-8-6-11-9-12(14)3-4-13(11)15/h3-6,8-9H,7,14H2,1-2H3. The smallest absolute Gasteiger partial charge is 0.0484 e. The molecule has 2 aromatic rings. The predicted molar refractivity (Wildman–Crippen MR) is 65.8 cm³/mol. The summed E-state index contributed by atoms with van der Waals surface area (Å²) in [5, 5.41) is 1.21. The Bertz CT molecular complexity index is 502. The molecule has 0 aliphatic rings. The molecular formula is C13H16N2. The average Bonchev–Trinajstić information content (AvgIpc) is 2.57. The zero-order chi connectivity index (χ0) is 10.8. The summed E-state index contributed by atoms with van der Waals surface area (Å²) in [6.07, 6.45) is 4.32.